The smallest absolute Gasteiger partial charge is 0.303 e. The molecule has 3 rings (SSSR count). The highest BCUT2D eigenvalue weighted by Gasteiger charge is 2.36. The van der Waals surface area contributed by atoms with Gasteiger partial charge in [-0.25, -0.2) is 0 Å². The monoisotopic (exact) mass is 368 g/mol. The second-order valence-electron chi connectivity index (χ2n) is 6.17. The molecule has 0 fully saturated rings. The zero-order chi connectivity index (χ0) is 19.6. The minimum absolute atomic E-state index is 0.0670. The lowest BCUT2D eigenvalue weighted by atomic mass is 10.0. The summed E-state index contributed by atoms with van der Waals surface area (Å²) in [5.41, 5.74) is -0.741. The first kappa shape index (κ1) is 18.5. The topological polar surface area (TPSA) is 45.8 Å². The van der Waals surface area contributed by atoms with Crippen molar-refractivity contribution in [2.24, 2.45) is 0 Å². The van der Waals surface area contributed by atoms with E-state index in [9.17, 15) is 23.2 Å². The lowest BCUT2D eigenvalue weighted by Crippen LogP contribution is -2.28. The SMILES string of the molecule is Cc1cccc(Cn2c(-c3ccccc3)cc(C(F)(F)F)c(C#N)c2=O)c1. The van der Waals surface area contributed by atoms with Gasteiger partial charge in [0, 0.05) is 0 Å². The van der Waals surface area contributed by atoms with Crippen LogP contribution in [0.25, 0.3) is 11.3 Å². The maximum atomic E-state index is 13.4. The molecule has 0 aliphatic rings. The van der Waals surface area contributed by atoms with Crippen LogP contribution in [0, 0.1) is 18.3 Å². The summed E-state index contributed by atoms with van der Waals surface area (Å²) in [5.74, 6) is 0. The highest BCUT2D eigenvalue weighted by atomic mass is 19.4. The summed E-state index contributed by atoms with van der Waals surface area (Å²) in [4.78, 5) is 12.8. The van der Waals surface area contributed by atoms with Crippen molar-refractivity contribution in [3.8, 4) is 17.3 Å². The first-order valence-electron chi connectivity index (χ1n) is 8.17. The third-order valence-corrected chi connectivity index (χ3v) is 4.21. The Hall–Kier alpha value is -3.33. The van der Waals surface area contributed by atoms with Crippen molar-refractivity contribution in [1.29, 1.82) is 5.26 Å². The number of alkyl halides is 3. The molecule has 0 amide bonds. The number of aromatic nitrogens is 1. The standard InChI is InChI=1S/C21H15F3N2O/c1-14-6-5-7-15(10-14)13-26-19(16-8-3-2-4-9-16)11-18(21(22,23)24)17(12-25)20(26)27/h2-11H,13H2,1H3. The average molecular weight is 368 g/mol. The summed E-state index contributed by atoms with van der Waals surface area (Å²) in [6, 6.07) is 18.0. The van der Waals surface area contributed by atoms with Crippen LogP contribution in [0.2, 0.25) is 0 Å². The molecule has 0 aliphatic carbocycles. The van der Waals surface area contributed by atoms with E-state index >= 15 is 0 Å². The molecule has 0 saturated heterocycles. The Morgan fingerprint density at radius 3 is 2.33 bits per heavy atom. The Bertz CT molecular complexity index is 1080. The number of pyridine rings is 1. The molecule has 0 N–H and O–H groups in total. The third kappa shape index (κ3) is 3.77. The summed E-state index contributed by atoms with van der Waals surface area (Å²) in [6.07, 6.45) is -4.80. The molecule has 3 nitrogen and oxygen atoms in total. The number of halogens is 3. The fraction of sp³-hybridized carbons (Fsp3) is 0.143. The number of hydrogen-bond acceptors (Lipinski definition) is 2. The van der Waals surface area contributed by atoms with Crippen molar-refractivity contribution >= 4 is 0 Å². The molecule has 0 unspecified atom stereocenters. The van der Waals surface area contributed by atoms with Gasteiger partial charge in [-0.3, -0.25) is 4.79 Å². The van der Waals surface area contributed by atoms with Gasteiger partial charge in [-0.05, 0) is 24.1 Å². The quantitative estimate of drug-likeness (QED) is 0.669. The lowest BCUT2D eigenvalue weighted by Gasteiger charge is -2.18. The molecule has 6 heteroatoms. The van der Waals surface area contributed by atoms with Gasteiger partial charge in [-0.15, -0.1) is 0 Å². The molecule has 3 aromatic rings. The van der Waals surface area contributed by atoms with E-state index in [4.69, 9.17) is 0 Å². The highest BCUT2D eigenvalue weighted by Crippen LogP contribution is 2.33. The van der Waals surface area contributed by atoms with Gasteiger partial charge in [0.2, 0.25) is 0 Å². The molecule has 0 spiro atoms. The van der Waals surface area contributed by atoms with Crippen molar-refractivity contribution < 1.29 is 13.2 Å². The zero-order valence-electron chi connectivity index (χ0n) is 14.4. The minimum Gasteiger partial charge on any atom is -0.303 e. The molecule has 0 radical (unpaired) electrons. The van der Waals surface area contributed by atoms with Crippen molar-refractivity contribution in [1.82, 2.24) is 4.57 Å². The molecule has 2 aromatic carbocycles. The molecule has 0 bridgehead atoms. The van der Waals surface area contributed by atoms with Crippen LogP contribution in [0.3, 0.4) is 0 Å². The summed E-state index contributed by atoms with van der Waals surface area (Å²) >= 11 is 0. The number of hydrogen-bond donors (Lipinski definition) is 0. The number of benzene rings is 2. The second-order valence-corrected chi connectivity index (χ2v) is 6.17. The largest absolute Gasteiger partial charge is 0.417 e. The van der Waals surface area contributed by atoms with Crippen LogP contribution in [0.5, 0.6) is 0 Å². The van der Waals surface area contributed by atoms with Gasteiger partial charge in [0.25, 0.3) is 5.56 Å². The molecular weight excluding hydrogens is 353 g/mol. The Morgan fingerprint density at radius 1 is 1.04 bits per heavy atom. The van der Waals surface area contributed by atoms with Crippen molar-refractivity contribution in [3.63, 3.8) is 0 Å². The second kappa shape index (κ2) is 7.12. The Labute approximate surface area is 153 Å². The summed E-state index contributed by atoms with van der Waals surface area (Å²) in [5, 5.41) is 9.20. The van der Waals surface area contributed by atoms with Crippen molar-refractivity contribution in [2.75, 3.05) is 0 Å². The predicted octanol–water partition coefficient (Wildman–Crippen LogP) is 4.76. The Morgan fingerprint density at radius 2 is 1.74 bits per heavy atom. The van der Waals surface area contributed by atoms with E-state index in [-0.39, 0.29) is 12.2 Å². The molecular formula is C21H15F3N2O. The van der Waals surface area contributed by atoms with Crippen LogP contribution in [0.15, 0.2) is 65.5 Å². The summed E-state index contributed by atoms with van der Waals surface area (Å²) in [6.45, 7) is 1.95. The summed E-state index contributed by atoms with van der Waals surface area (Å²) in [7, 11) is 0. The fourth-order valence-corrected chi connectivity index (χ4v) is 2.98. The van der Waals surface area contributed by atoms with Crippen molar-refractivity contribution in [3.05, 3.63) is 93.3 Å². The molecule has 0 saturated carbocycles. The van der Waals surface area contributed by atoms with E-state index in [0.29, 0.717) is 5.56 Å². The van der Waals surface area contributed by atoms with Crippen LogP contribution >= 0.6 is 0 Å². The van der Waals surface area contributed by atoms with Crippen LogP contribution in [0.4, 0.5) is 13.2 Å². The van der Waals surface area contributed by atoms with Crippen LogP contribution in [0.1, 0.15) is 22.3 Å². The number of nitriles is 1. The average Bonchev–Trinajstić information content (AvgIpc) is 2.63. The molecule has 1 heterocycles. The minimum atomic E-state index is -4.80. The van der Waals surface area contributed by atoms with Gasteiger partial charge in [0.05, 0.1) is 17.8 Å². The molecule has 27 heavy (non-hydrogen) atoms. The fourth-order valence-electron chi connectivity index (χ4n) is 2.98. The van der Waals surface area contributed by atoms with E-state index in [2.05, 4.69) is 0 Å². The summed E-state index contributed by atoms with van der Waals surface area (Å²) < 4.78 is 41.5. The van der Waals surface area contributed by atoms with Gasteiger partial charge in [-0.2, -0.15) is 18.4 Å². The maximum Gasteiger partial charge on any atom is 0.417 e. The molecule has 0 aliphatic heterocycles. The van der Waals surface area contributed by atoms with E-state index in [0.717, 1.165) is 17.2 Å². The van der Waals surface area contributed by atoms with Gasteiger partial charge in [-0.1, -0.05) is 60.2 Å². The highest BCUT2D eigenvalue weighted by molar-refractivity contribution is 5.62. The van der Waals surface area contributed by atoms with Crippen LogP contribution in [-0.4, -0.2) is 4.57 Å². The Balaban J connectivity index is 2.30. The van der Waals surface area contributed by atoms with E-state index < -0.39 is 22.9 Å². The van der Waals surface area contributed by atoms with E-state index in [1.807, 2.05) is 25.1 Å². The van der Waals surface area contributed by atoms with E-state index in [1.54, 1.807) is 36.4 Å². The lowest BCUT2D eigenvalue weighted by molar-refractivity contribution is -0.137. The number of nitrogens with zero attached hydrogens (tertiary/aromatic N) is 2. The molecule has 1 aromatic heterocycles. The normalized spacial score (nSPS) is 11.2. The first-order valence-corrected chi connectivity index (χ1v) is 8.17. The van der Waals surface area contributed by atoms with Crippen molar-refractivity contribution in [2.45, 2.75) is 19.6 Å². The number of aryl methyl sites for hydroxylation is 1. The zero-order valence-corrected chi connectivity index (χ0v) is 14.4. The molecule has 0 atom stereocenters. The maximum absolute atomic E-state index is 13.4. The van der Waals surface area contributed by atoms with E-state index in [1.165, 1.54) is 10.6 Å². The van der Waals surface area contributed by atoms with Crippen LogP contribution in [-0.2, 0) is 12.7 Å². The van der Waals surface area contributed by atoms with Gasteiger partial charge >= 0.3 is 6.18 Å². The predicted molar refractivity (Wildman–Crippen MR) is 96.1 cm³/mol. The van der Waals surface area contributed by atoms with Crippen LogP contribution < -0.4 is 5.56 Å². The third-order valence-electron chi connectivity index (χ3n) is 4.21. The molecule has 136 valence electrons. The first-order chi connectivity index (χ1) is 12.8. The number of rotatable bonds is 3. The Kier molecular flexibility index (Phi) is 4.87. The van der Waals surface area contributed by atoms with Gasteiger partial charge < -0.3 is 4.57 Å². The van der Waals surface area contributed by atoms with Gasteiger partial charge in [0.1, 0.15) is 11.6 Å². The van der Waals surface area contributed by atoms with Gasteiger partial charge in [0.15, 0.2) is 0 Å².